The van der Waals surface area contributed by atoms with Crippen molar-refractivity contribution < 1.29 is 9.90 Å². The molecule has 3 nitrogen and oxygen atoms in total. The summed E-state index contributed by atoms with van der Waals surface area (Å²) in [6.07, 6.45) is 0. The second-order valence-electron chi connectivity index (χ2n) is 3.71. The number of thioether (sulfide) groups is 1. The molecule has 0 heterocycles. The van der Waals surface area contributed by atoms with Gasteiger partial charge in [-0.2, -0.15) is 0 Å². The molecule has 0 aliphatic heterocycles. The molecule has 0 saturated carbocycles. The molecule has 0 aliphatic rings. The van der Waals surface area contributed by atoms with Gasteiger partial charge in [-0.05, 0) is 31.3 Å². The van der Waals surface area contributed by atoms with E-state index in [9.17, 15) is 4.79 Å². The van der Waals surface area contributed by atoms with E-state index in [1.54, 1.807) is 30.0 Å². The highest BCUT2D eigenvalue weighted by Crippen LogP contribution is 2.19. The van der Waals surface area contributed by atoms with E-state index in [2.05, 4.69) is 18.7 Å². The number of carboxylic acids is 1. The van der Waals surface area contributed by atoms with E-state index in [1.807, 2.05) is 6.07 Å². The number of aromatic carboxylic acids is 1. The fraction of sp³-hybridized carbons (Fsp3) is 0.462. The van der Waals surface area contributed by atoms with Crippen molar-refractivity contribution in [3.8, 4) is 0 Å². The van der Waals surface area contributed by atoms with Crippen LogP contribution >= 0.6 is 11.8 Å². The molecule has 0 aliphatic carbocycles. The number of hydrogen-bond acceptors (Lipinski definition) is 3. The van der Waals surface area contributed by atoms with E-state index >= 15 is 0 Å². The van der Waals surface area contributed by atoms with Gasteiger partial charge in [0.05, 0.1) is 5.56 Å². The molecule has 0 aromatic heterocycles. The molecule has 4 heteroatoms. The molecule has 0 atom stereocenters. The minimum absolute atomic E-state index is 0.359. The zero-order valence-corrected chi connectivity index (χ0v) is 11.2. The average Bonchev–Trinajstić information content (AvgIpc) is 2.35. The van der Waals surface area contributed by atoms with Gasteiger partial charge in [0.2, 0.25) is 0 Å². The van der Waals surface area contributed by atoms with Crippen LogP contribution in [0.3, 0.4) is 0 Å². The minimum Gasteiger partial charge on any atom is -0.478 e. The Kier molecular flexibility index (Phi) is 6.08. The highest BCUT2D eigenvalue weighted by molar-refractivity contribution is 7.99. The summed E-state index contributed by atoms with van der Waals surface area (Å²) in [5.74, 6) is 0.126. The van der Waals surface area contributed by atoms with Gasteiger partial charge in [-0.15, -0.1) is 11.8 Å². The van der Waals surface area contributed by atoms with E-state index in [-0.39, 0.29) is 0 Å². The van der Waals surface area contributed by atoms with Crippen LogP contribution in [0.4, 0.5) is 0 Å². The van der Waals surface area contributed by atoms with Crippen LogP contribution in [0.15, 0.2) is 29.2 Å². The van der Waals surface area contributed by atoms with Crippen molar-refractivity contribution in [2.45, 2.75) is 18.7 Å². The average molecular weight is 253 g/mol. The SMILES string of the molecule is CCN(CC)CCSc1cccc(C(=O)O)c1. The predicted octanol–water partition coefficient (Wildman–Crippen LogP) is 2.82. The molecule has 1 N–H and O–H groups in total. The molecule has 0 unspecified atom stereocenters. The fourth-order valence-electron chi connectivity index (χ4n) is 1.55. The first-order valence-corrected chi connectivity index (χ1v) is 6.84. The number of rotatable bonds is 7. The Morgan fingerprint density at radius 3 is 2.65 bits per heavy atom. The smallest absolute Gasteiger partial charge is 0.335 e. The van der Waals surface area contributed by atoms with Crippen molar-refractivity contribution >= 4 is 17.7 Å². The highest BCUT2D eigenvalue weighted by atomic mass is 32.2. The van der Waals surface area contributed by atoms with Crippen LogP contribution in [0.1, 0.15) is 24.2 Å². The summed E-state index contributed by atoms with van der Waals surface area (Å²) in [6, 6.07) is 7.11. The van der Waals surface area contributed by atoms with Crippen LogP contribution in [-0.2, 0) is 0 Å². The summed E-state index contributed by atoms with van der Waals surface area (Å²) in [4.78, 5) is 14.2. The van der Waals surface area contributed by atoms with Gasteiger partial charge >= 0.3 is 5.97 Å². The number of carbonyl (C=O) groups is 1. The molecular formula is C13H19NO2S. The normalized spacial score (nSPS) is 10.8. The van der Waals surface area contributed by atoms with Crippen LogP contribution in [-0.4, -0.2) is 41.4 Å². The Labute approximate surface area is 107 Å². The maximum Gasteiger partial charge on any atom is 0.335 e. The van der Waals surface area contributed by atoms with Gasteiger partial charge in [0.15, 0.2) is 0 Å². The molecule has 0 spiro atoms. The number of carboxylic acid groups (broad SMARTS) is 1. The Morgan fingerprint density at radius 2 is 2.06 bits per heavy atom. The molecule has 1 aromatic carbocycles. The van der Waals surface area contributed by atoms with Crippen molar-refractivity contribution in [3.63, 3.8) is 0 Å². The lowest BCUT2D eigenvalue weighted by Crippen LogP contribution is -2.25. The van der Waals surface area contributed by atoms with E-state index in [0.717, 1.165) is 30.3 Å². The second-order valence-corrected chi connectivity index (χ2v) is 4.88. The van der Waals surface area contributed by atoms with Crippen molar-refractivity contribution in [1.29, 1.82) is 0 Å². The molecule has 0 radical (unpaired) electrons. The lowest BCUT2D eigenvalue weighted by Gasteiger charge is -2.17. The van der Waals surface area contributed by atoms with Crippen LogP contribution in [0.5, 0.6) is 0 Å². The molecule has 94 valence electrons. The monoisotopic (exact) mass is 253 g/mol. The Morgan fingerprint density at radius 1 is 1.35 bits per heavy atom. The van der Waals surface area contributed by atoms with Gasteiger partial charge in [0.1, 0.15) is 0 Å². The number of benzene rings is 1. The standard InChI is InChI=1S/C13H19NO2S/c1-3-14(4-2)8-9-17-12-7-5-6-11(10-12)13(15)16/h5-7,10H,3-4,8-9H2,1-2H3,(H,15,16). The highest BCUT2D eigenvalue weighted by Gasteiger charge is 2.04. The van der Waals surface area contributed by atoms with Crippen molar-refractivity contribution in [3.05, 3.63) is 29.8 Å². The fourth-order valence-corrected chi connectivity index (χ4v) is 2.52. The molecule has 1 aromatic rings. The second kappa shape index (κ2) is 7.35. The van der Waals surface area contributed by atoms with E-state index in [0.29, 0.717) is 5.56 Å². The van der Waals surface area contributed by atoms with Gasteiger partial charge in [-0.25, -0.2) is 4.79 Å². The van der Waals surface area contributed by atoms with Crippen LogP contribution < -0.4 is 0 Å². The Bertz CT molecular complexity index is 364. The van der Waals surface area contributed by atoms with Gasteiger partial charge in [-0.3, -0.25) is 0 Å². The Balaban J connectivity index is 2.46. The van der Waals surface area contributed by atoms with Gasteiger partial charge in [-0.1, -0.05) is 19.9 Å². The van der Waals surface area contributed by atoms with Crippen molar-refractivity contribution in [2.24, 2.45) is 0 Å². The van der Waals surface area contributed by atoms with Crippen LogP contribution in [0, 0.1) is 0 Å². The predicted molar refractivity (Wildman–Crippen MR) is 71.9 cm³/mol. The van der Waals surface area contributed by atoms with E-state index < -0.39 is 5.97 Å². The summed E-state index contributed by atoms with van der Waals surface area (Å²) < 4.78 is 0. The third-order valence-electron chi connectivity index (χ3n) is 2.65. The maximum atomic E-state index is 10.8. The molecule has 17 heavy (non-hydrogen) atoms. The zero-order valence-electron chi connectivity index (χ0n) is 10.3. The molecular weight excluding hydrogens is 234 g/mol. The first-order valence-electron chi connectivity index (χ1n) is 5.85. The molecule has 0 fully saturated rings. The molecule has 0 saturated heterocycles. The van der Waals surface area contributed by atoms with E-state index in [1.165, 1.54) is 0 Å². The quantitative estimate of drug-likeness (QED) is 0.759. The van der Waals surface area contributed by atoms with Gasteiger partial charge in [0.25, 0.3) is 0 Å². The van der Waals surface area contributed by atoms with Gasteiger partial charge in [0, 0.05) is 17.2 Å². The zero-order chi connectivity index (χ0) is 12.7. The maximum absolute atomic E-state index is 10.8. The van der Waals surface area contributed by atoms with Gasteiger partial charge < -0.3 is 10.0 Å². The molecule has 1 rings (SSSR count). The van der Waals surface area contributed by atoms with Crippen molar-refractivity contribution in [1.82, 2.24) is 4.90 Å². The largest absolute Gasteiger partial charge is 0.478 e. The molecule has 0 amide bonds. The van der Waals surface area contributed by atoms with Crippen molar-refractivity contribution in [2.75, 3.05) is 25.4 Å². The first kappa shape index (κ1) is 14.1. The Hall–Kier alpha value is -1.00. The van der Waals surface area contributed by atoms with Crippen LogP contribution in [0.25, 0.3) is 0 Å². The summed E-state index contributed by atoms with van der Waals surface area (Å²) in [5, 5.41) is 8.88. The number of hydrogen-bond donors (Lipinski definition) is 1. The lowest BCUT2D eigenvalue weighted by atomic mass is 10.2. The summed E-state index contributed by atoms with van der Waals surface area (Å²) in [7, 11) is 0. The molecule has 0 bridgehead atoms. The third kappa shape index (κ3) is 4.79. The summed E-state index contributed by atoms with van der Waals surface area (Å²) >= 11 is 1.71. The minimum atomic E-state index is -0.865. The number of nitrogens with zero attached hydrogens (tertiary/aromatic N) is 1. The van der Waals surface area contributed by atoms with E-state index in [4.69, 9.17) is 5.11 Å². The topological polar surface area (TPSA) is 40.5 Å². The summed E-state index contributed by atoms with van der Waals surface area (Å²) in [6.45, 7) is 7.46. The first-order chi connectivity index (χ1) is 8.17. The third-order valence-corrected chi connectivity index (χ3v) is 3.63. The summed E-state index contributed by atoms with van der Waals surface area (Å²) in [5.41, 5.74) is 0.359. The lowest BCUT2D eigenvalue weighted by molar-refractivity contribution is 0.0696. The van der Waals surface area contributed by atoms with Crippen LogP contribution in [0.2, 0.25) is 0 Å².